The van der Waals surface area contributed by atoms with Gasteiger partial charge in [-0.3, -0.25) is 4.57 Å². The molecule has 2 heterocycles. The summed E-state index contributed by atoms with van der Waals surface area (Å²) in [5.41, 5.74) is 6.81. The van der Waals surface area contributed by atoms with Crippen LogP contribution in [0.3, 0.4) is 0 Å². The van der Waals surface area contributed by atoms with Crippen molar-refractivity contribution in [2.75, 3.05) is 11.9 Å². The zero-order valence-electron chi connectivity index (χ0n) is 14.9. The molecule has 3 aromatic rings. The van der Waals surface area contributed by atoms with Crippen molar-refractivity contribution in [3.63, 3.8) is 0 Å². The maximum atomic E-state index is 12.4. The van der Waals surface area contributed by atoms with Gasteiger partial charge in [-0.05, 0) is 30.2 Å². The minimum Gasteiger partial charge on any atom is -0.462 e. The van der Waals surface area contributed by atoms with E-state index in [1.807, 2.05) is 19.9 Å². The summed E-state index contributed by atoms with van der Waals surface area (Å²) >= 11 is 6.02. The third-order valence-electron chi connectivity index (χ3n) is 3.82. The first-order chi connectivity index (χ1) is 12.9. The van der Waals surface area contributed by atoms with Crippen LogP contribution in [0, 0.1) is 5.92 Å². The van der Waals surface area contributed by atoms with Crippen LogP contribution in [0.25, 0.3) is 10.9 Å². The van der Waals surface area contributed by atoms with Gasteiger partial charge in [0, 0.05) is 28.5 Å². The molecule has 3 N–H and O–H groups in total. The molecule has 0 aliphatic carbocycles. The van der Waals surface area contributed by atoms with Crippen LogP contribution < -0.4 is 11.1 Å². The van der Waals surface area contributed by atoms with E-state index in [0.29, 0.717) is 34.0 Å². The molecule has 0 unspecified atom stereocenters. The molecule has 0 fully saturated rings. The predicted molar refractivity (Wildman–Crippen MR) is 105 cm³/mol. The van der Waals surface area contributed by atoms with E-state index in [2.05, 4.69) is 10.3 Å². The maximum Gasteiger partial charge on any atom is 0.340 e. The van der Waals surface area contributed by atoms with Crippen LogP contribution in [0.1, 0.15) is 24.2 Å². The largest absolute Gasteiger partial charge is 0.462 e. The average Bonchev–Trinajstić information content (AvgIpc) is 3.06. The van der Waals surface area contributed by atoms with Crippen molar-refractivity contribution in [1.29, 1.82) is 0 Å². The Morgan fingerprint density at radius 2 is 2.11 bits per heavy atom. The van der Waals surface area contributed by atoms with Gasteiger partial charge in [-0.1, -0.05) is 31.5 Å². The van der Waals surface area contributed by atoms with Crippen LogP contribution in [0.15, 0.2) is 42.7 Å². The summed E-state index contributed by atoms with van der Waals surface area (Å²) in [5, 5.41) is 4.18. The molecule has 0 atom stereocenters. The Morgan fingerprint density at radius 3 is 2.78 bits per heavy atom. The van der Waals surface area contributed by atoms with E-state index in [4.69, 9.17) is 22.1 Å². The molecule has 0 aliphatic heterocycles. The van der Waals surface area contributed by atoms with Gasteiger partial charge in [-0.2, -0.15) is 0 Å². The fourth-order valence-electron chi connectivity index (χ4n) is 2.61. The molecule has 0 aliphatic rings. The first-order valence-electron chi connectivity index (χ1n) is 8.36. The van der Waals surface area contributed by atoms with Crippen molar-refractivity contribution < 1.29 is 14.3 Å². The summed E-state index contributed by atoms with van der Waals surface area (Å²) in [6, 6.07) is 8.01. The van der Waals surface area contributed by atoms with Gasteiger partial charge in [0.25, 0.3) is 0 Å². The Balaban J connectivity index is 2.07. The summed E-state index contributed by atoms with van der Waals surface area (Å²) in [7, 11) is 0. The number of nitrogens with two attached hydrogens (primary N) is 1. The molecular formula is C19H19ClN4O3. The van der Waals surface area contributed by atoms with Crippen LogP contribution in [0.5, 0.6) is 0 Å². The van der Waals surface area contributed by atoms with Gasteiger partial charge in [-0.15, -0.1) is 0 Å². The molecule has 140 valence electrons. The number of halogens is 1. The smallest absolute Gasteiger partial charge is 0.340 e. The number of nitrogens with zero attached hydrogens (tertiary/aromatic N) is 2. The molecule has 0 saturated carbocycles. The van der Waals surface area contributed by atoms with Gasteiger partial charge in [-0.25, -0.2) is 14.6 Å². The number of esters is 1. The van der Waals surface area contributed by atoms with Crippen molar-refractivity contribution >= 4 is 46.0 Å². The van der Waals surface area contributed by atoms with Crippen molar-refractivity contribution in [2.24, 2.45) is 11.7 Å². The lowest BCUT2D eigenvalue weighted by Gasteiger charge is -2.12. The number of rotatable bonds is 5. The number of ether oxygens (including phenoxy) is 1. The Labute approximate surface area is 161 Å². The molecule has 0 radical (unpaired) electrons. The standard InChI is InChI=1S/C19H19ClN4O3/c1-11(2)10-27-18(25)15-9-22-17(23-13-5-3-4-12(20)8-13)16-14(15)6-7-24(16)19(21)26/h3-9,11H,10H2,1-2H3,(H2,21,26)(H,22,23). The van der Waals surface area contributed by atoms with E-state index in [1.165, 1.54) is 17.0 Å². The zero-order chi connectivity index (χ0) is 19.6. The highest BCUT2D eigenvalue weighted by Gasteiger charge is 2.20. The van der Waals surface area contributed by atoms with Crippen LogP contribution in [-0.4, -0.2) is 28.2 Å². The zero-order valence-corrected chi connectivity index (χ0v) is 15.7. The molecule has 8 heteroatoms. The average molecular weight is 387 g/mol. The quantitative estimate of drug-likeness (QED) is 0.641. The molecule has 0 saturated heterocycles. The lowest BCUT2D eigenvalue weighted by Crippen LogP contribution is -2.19. The van der Waals surface area contributed by atoms with Crippen LogP contribution >= 0.6 is 11.6 Å². The minimum atomic E-state index is -0.686. The van der Waals surface area contributed by atoms with Crippen molar-refractivity contribution in [2.45, 2.75) is 13.8 Å². The Kier molecular flexibility index (Phi) is 5.32. The third kappa shape index (κ3) is 4.03. The summed E-state index contributed by atoms with van der Waals surface area (Å²) < 4.78 is 6.53. The van der Waals surface area contributed by atoms with E-state index < -0.39 is 12.0 Å². The molecule has 0 spiro atoms. The number of primary amides is 1. The van der Waals surface area contributed by atoms with Gasteiger partial charge >= 0.3 is 12.0 Å². The highest BCUT2D eigenvalue weighted by Crippen LogP contribution is 2.29. The van der Waals surface area contributed by atoms with Crippen molar-refractivity contribution in [1.82, 2.24) is 9.55 Å². The van der Waals surface area contributed by atoms with Gasteiger partial charge < -0.3 is 15.8 Å². The van der Waals surface area contributed by atoms with E-state index in [0.717, 1.165) is 0 Å². The summed E-state index contributed by atoms with van der Waals surface area (Å²) in [4.78, 5) is 28.6. The van der Waals surface area contributed by atoms with E-state index >= 15 is 0 Å². The molecule has 1 aromatic carbocycles. The Morgan fingerprint density at radius 1 is 1.33 bits per heavy atom. The maximum absolute atomic E-state index is 12.4. The monoisotopic (exact) mass is 386 g/mol. The minimum absolute atomic E-state index is 0.205. The van der Waals surface area contributed by atoms with E-state index in [-0.39, 0.29) is 11.5 Å². The molecular weight excluding hydrogens is 368 g/mol. The molecule has 0 bridgehead atoms. The first-order valence-corrected chi connectivity index (χ1v) is 8.74. The molecule has 2 aromatic heterocycles. The second-order valence-corrected chi connectivity index (χ2v) is 6.87. The molecule has 1 amide bonds. The second-order valence-electron chi connectivity index (χ2n) is 6.43. The normalized spacial score (nSPS) is 11.0. The van der Waals surface area contributed by atoms with Gasteiger partial charge in [0.15, 0.2) is 5.82 Å². The van der Waals surface area contributed by atoms with Gasteiger partial charge in [0.05, 0.1) is 12.2 Å². The Hall–Kier alpha value is -3.06. The lowest BCUT2D eigenvalue weighted by molar-refractivity contribution is 0.0461. The highest BCUT2D eigenvalue weighted by molar-refractivity contribution is 6.30. The van der Waals surface area contributed by atoms with E-state index in [9.17, 15) is 9.59 Å². The number of nitrogens with one attached hydrogen (secondary N) is 1. The van der Waals surface area contributed by atoms with Crippen molar-refractivity contribution in [3.05, 3.63) is 53.3 Å². The SMILES string of the molecule is CC(C)COC(=O)c1cnc(Nc2cccc(Cl)c2)c2c1ccn2C(N)=O. The summed E-state index contributed by atoms with van der Waals surface area (Å²) in [6.45, 7) is 4.19. The molecule has 27 heavy (non-hydrogen) atoms. The van der Waals surface area contributed by atoms with Crippen LogP contribution in [0.2, 0.25) is 5.02 Å². The number of carbonyl (C=O) groups excluding carboxylic acids is 2. The number of carbonyl (C=O) groups is 2. The lowest BCUT2D eigenvalue weighted by atomic mass is 10.1. The van der Waals surface area contributed by atoms with Crippen LogP contribution in [-0.2, 0) is 4.74 Å². The number of fused-ring (bicyclic) bond motifs is 1. The molecule has 7 nitrogen and oxygen atoms in total. The topological polar surface area (TPSA) is 99.2 Å². The fraction of sp³-hybridized carbons (Fsp3) is 0.211. The number of pyridine rings is 1. The fourth-order valence-corrected chi connectivity index (χ4v) is 2.80. The first kappa shape index (κ1) is 18.7. The summed E-state index contributed by atoms with van der Waals surface area (Å²) in [5.74, 6) is 0.0746. The number of amides is 1. The third-order valence-corrected chi connectivity index (χ3v) is 4.05. The number of hydrogen-bond acceptors (Lipinski definition) is 5. The number of hydrogen-bond donors (Lipinski definition) is 2. The predicted octanol–water partition coefficient (Wildman–Crippen LogP) is 4.17. The van der Waals surface area contributed by atoms with E-state index in [1.54, 1.807) is 24.3 Å². The van der Waals surface area contributed by atoms with Crippen LogP contribution in [0.4, 0.5) is 16.3 Å². The van der Waals surface area contributed by atoms with Gasteiger partial charge in [0.2, 0.25) is 0 Å². The number of benzene rings is 1. The highest BCUT2D eigenvalue weighted by atomic mass is 35.5. The summed E-state index contributed by atoms with van der Waals surface area (Å²) in [6.07, 6.45) is 2.92. The molecule has 3 rings (SSSR count). The second kappa shape index (κ2) is 7.67. The Bertz CT molecular complexity index is 1010. The number of aromatic nitrogens is 2. The van der Waals surface area contributed by atoms with Gasteiger partial charge in [0.1, 0.15) is 5.52 Å². The van der Waals surface area contributed by atoms with Crippen molar-refractivity contribution in [3.8, 4) is 0 Å². The number of anilines is 2.